The standard InChI is InChI=1S/C31H40N6O6SSi/c1-21-15-16-26(43-21)30-33-34-31(37(30)28-24(40-3)12-11-13-25(28)41-4)36(18-19-45(6,7)8)44(38,39)22(2)29(42-5)23-20-35-17-10-9-14-27(35)32-23/h9-17,20,22,29H,18-19H2,1-8H3/t22-,29-/m1/s1. The maximum Gasteiger partial charge on any atom is 0.246 e. The molecule has 2 atom stereocenters. The van der Waals surface area contributed by atoms with E-state index >= 15 is 0 Å². The van der Waals surface area contributed by atoms with E-state index in [-0.39, 0.29) is 12.5 Å². The maximum absolute atomic E-state index is 14.8. The van der Waals surface area contributed by atoms with E-state index in [1.165, 1.54) is 11.4 Å². The average molecular weight is 653 g/mol. The summed E-state index contributed by atoms with van der Waals surface area (Å²) < 4.78 is 57.8. The molecule has 5 rings (SSSR count). The normalized spacial score (nSPS) is 13.6. The number of anilines is 1. The Morgan fingerprint density at radius 2 is 1.69 bits per heavy atom. The summed E-state index contributed by atoms with van der Waals surface area (Å²) >= 11 is 0. The Balaban J connectivity index is 1.72. The van der Waals surface area contributed by atoms with Gasteiger partial charge in [0.2, 0.25) is 21.8 Å². The lowest BCUT2D eigenvalue weighted by atomic mass is 10.2. The van der Waals surface area contributed by atoms with Crippen molar-refractivity contribution >= 4 is 29.7 Å². The van der Waals surface area contributed by atoms with Gasteiger partial charge < -0.3 is 23.0 Å². The molecule has 1 aromatic carbocycles. The van der Waals surface area contributed by atoms with E-state index in [1.807, 2.05) is 41.8 Å². The minimum absolute atomic E-state index is 0.0804. The Labute approximate surface area is 264 Å². The highest BCUT2D eigenvalue weighted by Crippen LogP contribution is 2.40. The fraction of sp³-hybridized carbons (Fsp3) is 0.387. The first-order valence-electron chi connectivity index (χ1n) is 14.6. The largest absolute Gasteiger partial charge is 0.494 e. The molecule has 4 aromatic heterocycles. The molecule has 0 amide bonds. The summed E-state index contributed by atoms with van der Waals surface area (Å²) in [4.78, 5) is 4.68. The summed E-state index contributed by atoms with van der Waals surface area (Å²) in [5.41, 5.74) is 1.64. The van der Waals surface area contributed by atoms with Gasteiger partial charge >= 0.3 is 0 Å². The van der Waals surface area contributed by atoms with E-state index in [0.29, 0.717) is 51.9 Å². The monoisotopic (exact) mass is 652 g/mol. The van der Waals surface area contributed by atoms with Crippen LogP contribution in [-0.4, -0.2) is 73.8 Å². The van der Waals surface area contributed by atoms with Crippen molar-refractivity contribution in [1.29, 1.82) is 0 Å². The number of hydrogen-bond donors (Lipinski definition) is 0. The zero-order chi connectivity index (χ0) is 32.5. The molecule has 0 unspecified atom stereocenters. The number of methoxy groups -OCH3 is 3. The Kier molecular flexibility index (Phi) is 9.10. The van der Waals surface area contributed by atoms with Gasteiger partial charge in [-0.3, -0.25) is 4.57 Å². The number of aryl methyl sites for hydroxylation is 1. The summed E-state index contributed by atoms with van der Waals surface area (Å²) in [5.74, 6) is 2.33. The number of rotatable bonds is 13. The fourth-order valence-corrected chi connectivity index (χ4v) is 7.90. The van der Waals surface area contributed by atoms with E-state index in [9.17, 15) is 8.42 Å². The SMILES string of the molecule is COc1cccc(OC)c1-n1c(-c2ccc(C)o2)nnc1N(CC[Si](C)(C)C)S(=O)(=O)[C@H](C)[C@@H](OC)c1cn2ccccc2n1. The molecule has 0 saturated heterocycles. The first-order valence-corrected chi connectivity index (χ1v) is 19.8. The molecule has 0 fully saturated rings. The van der Waals surface area contributed by atoms with Gasteiger partial charge in [0.05, 0.1) is 19.9 Å². The van der Waals surface area contributed by atoms with Gasteiger partial charge in [-0.15, -0.1) is 10.2 Å². The van der Waals surface area contributed by atoms with Crippen LogP contribution < -0.4 is 13.8 Å². The van der Waals surface area contributed by atoms with Crippen molar-refractivity contribution in [3.8, 4) is 28.8 Å². The molecule has 0 radical (unpaired) electrons. The van der Waals surface area contributed by atoms with Crippen LogP contribution in [0.4, 0.5) is 5.95 Å². The van der Waals surface area contributed by atoms with Gasteiger partial charge in [-0.2, -0.15) is 0 Å². The van der Waals surface area contributed by atoms with Gasteiger partial charge in [0.1, 0.15) is 39.9 Å². The summed E-state index contributed by atoms with van der Waals surface area (Å²) in [6.45, 7) is 10.2. The van der Waals surface area contributed by atoms with Crippen LogP contribution in [0.3, 0.4) is 0 Å². The van der Waals surface area contributed by atoms with Crippen LogP contribution in [0, 0.1) is 6.92 Å². The topological polar surface area (TPSA) is 126 Å². The Morgan fingerprint density at radius 1 is 0.978 bits per heavy atom. The number of imidazole rings is 1. The lowest BCUT2D eigenvalue weighted by molar-refractivity contribution is 0.0991. The Hall–Kier alpha value is -4.14. The Bertz CT molecular complexity index is 1840. The van der Waals surface area contributed by atoms with Gasteiger partial charge in [-0.1, -0.05) is 31.8 Å². The van der Waals surface area contributed by atoms with Crippen LogP contribution in [0.2, 0.25) is 25.7 Å². The number of benzene rings is 1. The minimum Gasteiger partial charge on any atom is -0.494 e. The zero-order valence-corrected chi connectivity index (χ0v) is 28.7. The van der Waals surface area contributed by atoms with Crippen LogP contribution in [-0.2, 0) is 14.8 Å². The van der Waals surface area contributed by atoms with Crippen LogP contribution in [0.1, 0.15) is 24.5 Å². The predicted molar refractivity (Wildman–Crippen MR) is 176 cm³/mol. The second-order valence-corrected chi connectivity index (χ2v) is 19.8. The Morgan fingerprint density at radius 3 is 2.27 bits per heavy atom. The van der Waals surface area contributed by atoms with Crippen molar-refractivity contribution in [3.63, 3.8) is 0 Å². The molecule has 0 aliphatic heterocycles. The first kappa shape index (κ1) is 32.3. The molecular formula is C31H40N6O6SSi. The van der Waals surface area contributed by atoms with Crippen molar-refractivity contribution < 1.29 is 27.0 Å². The van der Waals surface area contributed by atoms with Crippen molar-refractivity contribution in [2.45, 2.75) is 50.9 Å². The van der Waals surface area contributed by atoms with Gasteiger partial charge in [0.25, 0.3) is 0 Å². The molecule has 0 saturated carbocycles. The van der Waals surface area contributed by atoms with Crippen LogP contribution in [0.25, 0.3) is 22.9 Å². The highest BCUT2D eigenvalue weighted by molar-refractivity contribution is 7.93. The third-order valence-electron chi connectivity index (χ3n) is 7.65. The van der Waals surface area contributed by atoms with Gasteiger partial charge in [0, 0.05) is 34.1 Å². The molecule has 0 aliphatic carbocycles. The van der Waals surface area contributed by atoms with Crippen molar-refractivity contribution in [2.24, 2.45) is 0 Å². The number of aromatic nitrogens is 5. The predicted octanol–water partition coefficient (Wildman–Crippen LogP) is 5.75. The number of para-hydroxylation sites is 1. The van der Waals surface area contributed by atoms with Crippen LogP contribution >= 0.6 is 0 Å². The highest BCUT2D eigenvalue weighted by atomic mass is 32.2. The lowest BCUT2D eigenvalue weighted by Gasteiger charge is -2.31. The smallest absolute Gasteiger partial charge is 0.246 e. The molecule has 0 spiro atoms. The van der Waals surface area contributed by atoms with Crippen molar-refractivity contribution in [2.75, 3.05) is 32.2 Å². The van der Waals surface area contributed by atoms with E-state index in [0.717, 1.165) is 0 Å². The molecule has 14 heteroatoms. The molecule has 45 heavy (non-hydrogen) atoms. The average Bonchev–Trinajstić information content (AvgIpc) is 3.74. The summed E-state index contributed by atoms with van der Waals surface area (Å²) in [5, 5.41) is 7.95. The molecule has 0 N–H and O–H groups in total. The highest BCUT2D eigenvalue weighted by Gasteiger charge is 2.41. The second-order valence-electron chi connectivity index (χ2n) is 12.0. The molecule has 4 heterocycles. The number of nitrogens with zero attached hydrogens (tertiary/aromatic N) is 6. The summed E-state index contributed by atoms with van der Waals surface area (Å²) in [6.07, 6.45) is 2.79. The van der Waals surface area contributed by atoms with Crippen LogP contribution in [0.15, 0.2) is 65.3 Å². The number of pyridine rings is 1. The first-order chi connectivity index (χ1) is 21.4. The molecular weight excluding hydrogens is 613 g/mol. The van der Waals surface area contributed by atoms with E-state index < -0.39 is 29.5 Å². The van der Waals surface area contributed by atoms with Crippen molar-refractivity contribution in [3.05, 3.63) is 72.4 Å². The van der Waals surface area contributed by atoms with E-state index in [1.54, 1.807) is 56.2 Å². The molecule has 5 aromatic rings. The molecule has 0 aliphatic rings. The number of hydrogen-bond acceptors (Lipinski definition) is 9. The third kappa shape index (κ3) is 6.35. The number of ether oxygens (including phenoxy) is 3. The van der Waals surface area contributed by atoms with Crippen molar-refractivity contribution in [1.82, 2.24) is 24.1 Å². The quantitative estimate of drug-likeness (QED) is 0.146. The zero-order valence-electron chi connectivity index (χ0n) is 26.9. The van der Waals surface area contributed by atoms with E-state index in [4.69, 9.17) is 18.6 Å². The van der Waals surface area contributed by atoms with Crippen LogP contribution in [0.5, 0.6) is 11.5 Å². The number of furan rings is 1. The maximum atomic E-state index is 14.8. The molecule has 240 valence electrons. The van der Waals surface area contributed by atoms with Gasteiger partial charge in [-0.05, 0) is 56.3 Å². The third-order valence-corrected chi connectivity index (χ3v) is 11.5. The molecule has 0 bridgehead atoms. The van der Waals surface area contributed by atoms with Gasteiger partial charge in [-0.25, -0.2) is 17.7 Å². The molecule has 12 nitrogen and oxygen atoms in total. The van der Waals surface area contributed by atoms with Gasteiger partial charge in [0.15, 0.2) is 5.76 Å². The minimum atomic E-state index is -4.16. The summed E-state index contributed by atoms with van der Waals surface area (Å²) in [7, 11) is -1.34. The summed E-state index contributed by atoms with van der Waals surface area (Å²) in [6, 6.07) is 15.2. The number of fused-ring (bicyclic) bond motifs is 1. The van der Waals surface area contributed by atoms with E-state index in [2.05, 4.69) is 34.8 Å². The number of sulfonamides is 1. The fourth-order valence-electron chi connectivity index (χ4n) is 5.19. The second kappa shape index (κ2) is 12.7. The lowest BCUT2D eigenvalue weighted by Crippen LogP contribution is -2.44.